The zero-order chi connectivity index (χ0) is 8.36. The van der Waals surface area contributed by atoms with Crippen LogP contribution in [-0.2, 0) is 0 Å². The molecule has 0 fully saturated rings. The summed E-state index contributed by atoms with van der Waals surface area (Å²) in [7, 11) is 0. The largest absolute Gasteiger partial charge is 0.154 e. The van der Waals surface area contributed by atoms with E-state index in [9.17, 15) is 0 Å². The molecule has 0 saturated carbocycles. The molecule has 0 unspecified atom stereocenters. The van der Waals surface area contributed by atoms with E-state index in [1.165, 1.54) is 0 Å². The van der Waals surface area contributed by atoms with Gasteiger partial charge in [-0.25, -0.2) is 0 Å². The molecule has 60 valence electrons. The summed E-state index contributed by atoms with van der Waals surface area (Å²) in [6, 6.07) is 0. The summed E-state index contributed by atoms with van der Waals surface area (Å²) in [6.45, 7) is 7.17. The first kappa shape index (κ1) is 10.3. The van der Waals surface area contributed by atoms with E-state index in [4.69, 9.17) is 0 Å². The molecular formula is C10H14S. The first-order chi connectivity index (χ1) is 5.41. The lowest BCUT2D eigenvalue weighted by Crippen LogP contribution is -1.72. The number of thioether (sulfide) groups is 1. The van der Waals surface area contributed by atoms with Crippen molar-refractivity contribution in [2.24, 2.45) is 0 Å². The highest BCUT2D eigenvalue weighted by atomic mass is 32.2. The Bertz CT molecular complexity index is 136. The minimum absolute atomic E-state index is 1.05. The number of hydrogen-bond donors (Lipinski definition) is 0. The second-order valence-corrected chi connectivity index (χ2v) is 2.94. The van der Waals surface area contributed by atoms with Crippen LogP contribution in [0.15, 0.2) is 49.6 Å². The molecule has 0 rings (SSSR count). The summed E-state index contributed by atoms with van der Waals surface area (Å²) < 4.78 is 0. The van der Waals surface area contributed by atoms with E-state index < -0.39 is 0 Å². The molecule has 0 nitrogen and oxygen atoms in total. The predicted octanol–water partition coefficient (Wildman–Crippen LogP) is 3.20. The van der Waals surface area contributed by atoms with Gasteiger partial charge in [0.15, 0.2) is 0 Å². The van der Waals surface area contributed by atoms with Gasteiger partial charge in [0.2, 0.25) is 0 Å². The Kier molecular flexibility index (Phi) is 8.73. The van der Waals surface area contributed by atoms with E-state index in [1.807, 2.05) is 23.9 Å². The van der Waals surface area contributed by atoms with Gasteiger partial charge in [0, 0.05) is 11.5 Å². The molecule has 0 aromatic carbocycles. The average molecular weight is 166 g/mol. The van der Waals surface area contributed by atoms with Crippen molar-refractivity contribution in [3.8, 4) is 0 Å². The topological polar surface area (TPSA) is 0 Å². The van der Waals surface area contributed by atoms with Crippen molar-refractivity contribution in [3.63, 3.8) is 0 Å². The second kappa shape index (κ2) is 9.31. The monoisotopic (exact) mass is 166 g/mol. The third kappa shape index (κ3) is 9.31. The van der Waals surface area contributed by atoms with Crippen LogP contribution in [-0.4, -0.2) is 11.5 Å². The van der Waals surface area contributed by atoms with Crippen molar-refractivity contribution in [1.82, 2.24) is 0 Å². The van der Waals surface area contributed by atoms with Crippen LogP contribution in [0.2, 0.25) is 0 Å². The van der Waals surface area contributed by atoms with Gasteiger partial charge in [-0.3, -0.25) is 0 Å². The van der Waals surface area contributed by atoms with Crippen molar-refractivity contribution in [2.75, 3.05) is 11.5 Å². The first-order valence-corrected chi connectivity index (χ1v) is 4.70. The molecule has 0 amide bonds. The lowest BCUT2D eigenvalue weighted by Gasteiger charge is -1.88. The predicted molar refractivity (Wildman–Crippen MR) is 56.0 cm³/mol. The SMILES string of the molecule is C=C/C=C/CSC/C=C/C=C. The van der Waals surface area contributed by atoms with Crippen molar-refractivity contribution in [3.05, 3.63) is 49.6 Å². The molecule has 0 saturated heterocycles. The smallest absolute Gasteiger partial charge is 0.0119 e. The zero-order valence-electron chi connectivity index (χ0n) is 6.70. The van der Waals surface area contributed by atoms with Crippen LogP contribution in [0.5, 0.6) is 0 Å². The molecule has 0 radical (unpaired) electrons. The van der Waals surface area contributed by atoms with Crippen LogP contribution in [0, 0.1) is 0 Å². The summed E-state index contributed by atoms with van der Waals surface area (Å²) in [5.74, 6) is 2.10. The lowest BCUT2D eigenvalue weighted by atomic mass is 10.5. The molecular weight excluding hydrogens is 152 g/mol. The molecule has 0 aromatic heterocycles. The van der Waals surface area contributed by atoms with Gasteiger partial charge >= 0.3 is 0 Å². The average Bonchev–Trinajstić information content (AvgIpc) is 2.03. The van der Waals surface area contributed by atoms with Crippen LogP contribution in [0.1, 0.15) is 0 Å². The van der Waals surface area contributed by atoms with Gasteiger partial charge in [-0.1, -0.05) is 49.6 Å². The number of rotatable bonds is 6. The van der Waals surface area contributed by atoms with Crippen LogP contribution in [0.4, 0.5) is 0 Å². The van der Waals surface area contributed by atoms with Gasteiger partial charge in [-0.2, -0.15) is 11.8 Å². The van der Waals surface area contributed by atoms with Gasteiger partial charge in [0.25, 0.3) is 0 Å². The summed E-state index contributed by atoms with van der Waals surface area (Å²) in [5.41, 5.74) is 0. The van der Waals surface area contributed by atoms with Gasteiger partial charge in [0.1, 0.15) is 0 Å². The van der Waals surface area contributed by atoms with Crippen molar-refractivity contribution in [1.29, 1.82) is 0 Å². The normalized spacial score (nSPS) is 10.9. The number of allylic oxidation sites excluding steroid dienone is 4. The second-order valence-electron chi connectivity index (χ2n) is 1.87. The third-order valence-electron chi connectivity index (χ3n) is 0.972. The van der Waals surface area contributed by atoms with Crippen molar-refractivity contribution >= 4 is 11.8 Å². The fraction of sp³-hybridized carbons (Fsp3) is 0.200. The maximum absolute atomic E-state index is 3.58. The van der Waals surface area contributed by atoms with Gasteiger partial charge in [-0.15, -0.1) is 0 Å². The molecule has 0 aliphatic heterocycles. The maximum Gasteiger partial charge on any atom is 0.0119 e. The Morgan fingerprint density at radius 1 is 0.909 bits per heavy atom. The molecule has 0 aliphatic carbocycles. The molecule has 0 spiro atoms. The van der Waals surface area contributed by atoms with Gasteiger partial charge in [0.05, 0.1) is 0 Å². The van der Waals surface area contributed by atoms with Crippen LogP contribution in [0.25, 0.3) is 0 Å². The molecule has 0 bridgehead atoms. The van der Waals surface area contributed by atoms with Gasteiger partial charge in [-0.05, 0) is 0 Å². The highest BCUT2D eigenvalue weighted by molar-refractivity contribution is 7.99. The minimum Gasteiger partial charge on any atom is -0.154 e. The molecule has 0 atom stereocenters. The lowest BCUT2D eigenvalue weighted by molar-refractivity contribution is 1.70. The van der Waals surface area contributed by atoms with Crippen LogP contribution >= 0.6 is 11.8 Å². The Balaban J connectivity index is 3.14. The Labute approximate surface area is 73.4 Å². The summed E-state index contributed by atoms with van der Waals surface area (Å²) in [4.78, 5) is 0. The van der Waals surface area contributed by atoms with E-state index in [0.717, 1.165) is 11.5 Å². The standard InChI is InChI=1S/C10H14S/c1-3-5-7-9-11-10-8-6-4-2/h3-8H,1-2,9-10H2/b7-5+,8-6+. The summed E-state index contributed by atoms with van der Waals surface area (Å²) in [6.07, 6.45) is 11.7. The minimum atomic E-state index is 1.05. The van der Waals surface area contributed by atoms with Crippen LogP contribution < -0.4 is 0 Å². The molecule has 11 heavy (non-hydrogen) atoms. The maximum atomic E-state index is 3.58. The zero-order valence-corrected chi connectivity index (χ0v) is 7.52. The highest BCUT2D eigenvalue weighted by Gasteiger charge is 1.77. The van der Waals surface area contributed by atoms with Gasteiger partial charge < -0.3 is 0 Å². The fourth-order valence-corrected chi connectivity index (χ4v) is 1.14. The number of hydrogen-bond acceptors (Lipinski definition) is 1. The van der Waals surface area contributed by atoms with Crippen molar-refractivity contribution in [2.45, 2.75) is 0 Å². The highest BCUT2D eigenvalue weighted by Crippen LogP contribution is 2.00. The Morgan fingerprint density at radius 2 is 1.36 bits per heavy atom. The Morgan fingerprint density at radius 3 is 1.73 bits per heavy atom. The van der Waals surface area contributed by atoms with E-state index in [1.54, 1.807) is 12.2 Å². The first-order valence-electron chi connectivity index (χ1n) is 3.54. The summed E-state index contributed by atoms with van der Waals surface area (Å²) in [5, 5.41) is 0. The molecule has 0 heterocycles. The van der Waals surface area contributed by atoms with Crippen molar-refractivity contribution < 1.29 is 0 Å². The van der Waals surface area contributed by atoms with E-state index in [0.29, 0.717) is 0 Å². The van der Waals surface area contributed by atoms with E-state index in [-0.39, 0.29) is 0 Å². The quantitative estimate of drug-likeness (QED) is 0.431. The third-order valence-corrected chi connectivity index (χ3v) is 1.83. The molecule has 0 N–H and O–H groups in total. The van der Waals surface area contributed by atoms with E-state index in [2.05, 4.69) is 25.3 Å². The Hall–Kier alpha value is -0.690. The molecule has 1 heteroatoms. The summed E-state index contributed by atoms with van der Waals surface area (Å²) >= 11 is 1.86. The fourth-order valence-electron chi connectivity index (χ4n) is 0.508. The molecule has 0 aliphatic rings. The van der Waals surface area contributed by atoms with E-state index >= 15 is 0 Å². The molecule has 0 aromatic rings. The van der Waals surface area contributed by atoms with Crippen LogP contribution in [0.3, 0.4) is 0 Å².